The molecule has 0 unspecified atom stereocenters. The van der Waals surface area contributed by atoms with Crippen molar-refractivity contribution < 1.29 is 4.42 Å². The zero-order valence-electron chi connectivity index (χ0n) is 8.55. The maximum Gasteiger partial charge on any atom is 0.120 e. The summed E-state index contributed by atoms with van der Waals surface area (Å²) in [5.41, 5.74) is 0.975. The highest BCUT2D eigenvalue weighted by molar-refractivity contribution is 5.04. The summed E-state index contributed by atoms with van der Waals surface area (Å²) in [6.07, 6.45) is 4.97. The standard InChI is InChI=1S/C11H13N3O/c1-9(11-3-2-6-15-11)13-7-10-4-5-12-8-14-10/h2-6,8-9,13H,7H2,1H3/t9-/m0/s1. The van der Waals surface area contributed by atoms with Crippen LogP contribution in [0.5, 0.6) is 0 Å². The molecule has 0 bridgehead atoms. The van der Waals surface area contributed by atoms with Gasteiger partial charge in [-0.05, 0) is 25.1 Å². The third-order valence-corrected chi connectivity index (χ3v) is 2.20. The molecule has 0 spiro atoms. The summed E-state index contributed by atoms with van der Waals surface area (Å²) in [5, 5.41) is 3.32. The highest BCUT2D eigenvalue weighted by Gasteiger charge is 2.06. The van der Waals surface area contributed by atoms with E-state index in [1.54, 1.807) is 18.8 Å². The minimum absolute atomic E-state index is 0.190. The number of nitrogens with zero attached hydrogens (tertiary/aromatic N) is 2. The van der Waals surface area contributed by atoms with Gasteiger partial charge in [0.2, 0.25) is 0 Å². The molecule has 2 aromatic rings. The molecule has 0 aliphatic heterocycles. The van der Waals surface area contributed by atoms with Crippen molar-refractivity contribution >= 4 is 0 Å². The van der Waals surface area contributed by atoms with Crippen LogP contribution in [0.25, 0.3) is 0 Å². The molecule has 1 N–H and O–H groups in total. The normalized spacial score (nSPS) is 12.6. The SMILES string of the molecule is C[C@H](NCc1ccncn1)c1ccco1. The summed E-state index contributed by atoms with van der Waals surface area (Å²) in [7, 11) is 0. The predicted molar refractivity (Wildman–Crippen MR) is 56.0 cm³/mol. The molecular weight excluding hydrogens is 190 g/mol. The van der Waals surface area contributed by atoms with E-state index in [9.17, 15) is 0 Å². The Labute approximate surface area is 88.4 Å². The molecule has 0 saturated heterocycles. The van der Waals surface area contributed by atoms with Crippen molar-refractivity contribution in [2.75, 3.05) is 0 Å². The Bertz CT molecular complexity index is 385. The van der Waals surface area contributed by atoms with Crippen LogP contribution < -0.4 is 5.32 Å². The number of aromatic nitrogens is 2. The van der Waals surface area contributed by atoms with Crippen LogP contribution in [0.4, 0.5) is 0 Å². The van der Waals surface area contributed by atoms with Crippen LogP contribution >= 0.6 is 0 Å². The summed E-state index contributed by atoms with van der Waals surface area (Å²) < 4.78 is 5.29. The smallest absolute Gasteiger partial charge is 0.120 e. The van der Waals surface area contributed by atoms with Crippen molar-refractivity contribution in [3.63, 3.8) is 0 Å². The Kier molecular flexibility index (Phi) is 3.09. The fraction of sp³-hybridized carbons (Fsp3) is 0.273. The molecule has 4 nitrogen and oxygen atoms in total. The van der Waals surface area contributed by atoms with Crippen LogP contribution in [0.1, 0.15) is 24.4 Å². The summed E-state index contributed by atoms with van der Waals surface area (Å²) >= 11 is 0. The Morgan fingerprint density at radius 1 is 1.47 bits per heavy atom. The lowest BCUT2D eigenvalue weighted by Gasteiger charge is -2.10. The average molecular weight is 203 g/mol. The fourth-order valence-electron chi connectivity index (χ4n) is 1.32. The van der Waals surface area contributed by atoms with E-state index in [0.29, 0.717) is 6.54 Å². The van der Waals surface area contributed by atoms with Crippen LogP contribution in [-0.2, 0) is 6.54 Å². The van der Waals surface area contributed by atoms with Crippen molar-refractivity contribution in [2.24, 2.45) is 0 Å². The minimum atomic E-state index is 0.190. The molecule has 0 amide bonds. The first-order valence-corrected chi connectivity index (χ1v) is 4.88. The Hall–Kier alpha value is -1.68. The molecule has 0 aliphatic carbocycles. The molecule has 78 valence electrons. The molecular formula is C11H13N3O. The largest absolute Gasteiger partial charge is 0.468 e. The van der Waals surface area contributed by atoms with Crippen molar-refractivity contribution in [3.05, 3.63) is 48.4 Å². The Morgan fingerprint density at radius 3 is 3.07 bits per heavy atom. The summed E-state index contributed by atoms with van der Waals surface area (Å²) in [5.74, 6) is 0.934. The van der Waals surface area contributed by atoms with Crippen molar-refractivity contribution in [3.8, 4) is 0 Å². The molecule has 0 radical (unpaired) electrons. The Morgan fingerprint density at radius 2 is 2.40 bits per heavy atom. The maximum absolute atomic E-state index is 5.29. The van der Waals surface area contributed by atoms with E-state index in [4.69, 9.17) is 4.42 Å². The van der Waals surface area contributed by atoms with E-state index in [2.05, 4.69) is 22.2 Å². The van der Waals surface area contributed by atoms with Crippen molar-refractivity contribution in [1.82, 2.24) is 15.3 Å². The van der Waals surface area contributed by atoms with Gasteiger partial charge in [-0.25, -0.2) is 9.97 Å². The lowest BCUT2D eigenvalue weighted by molar-refractivity contribution is 0.428. The average Bonchev–Trinajstić information content (AvgIpc) is 2.81. The van der Waals surface area contributed by atoms with Gasteiger partial charge in [-0.15, -0.1) is 0 Å². The van der Waals surface area contributed by atoms with Crippen LogP contribution in [0, 0.1) is 0 Å². The van der Waals surface area contributed by atoms with Crippen LogP contribution in [0.15, 0.2) is 41.4 Å². The molecule has 0 fully saturated rings. The summed E-state index contributed by atoms with van der Waals surface area (Å²) in [4.78, 5) is 7.99. The molecule has 4 heteroatoms. The van der Waals surface area contributed by atoms with Gasteiger partial charge in [-0.2, -0.15) is 0 Å². The second-order valence-corrected chi connectivity index (χ2v) is 3.32. The first-order chi connectivity index (χ1) is 7.36. The minimum Gasteiger partial charge on any atom is -0.468 e. The fourth-order valence-corrected chi connectivity index (χ4v) is 1.32. The quantitative estimate of drug-likeness (QED) is 0.824. The highest BCUT2D eigenvalue weighted by Crippen LogP contribution is 2.12. The third kappa shape index (κ3) is 2.63. The molecule has 15 heavy (non-hydrogen) atoms. The topological polar surface area (TPSA) is 51.0 Å². The predicted octanol–water partition coefficient (Wildman–Crippen LogP) is 1.92. The molecule has 2 aromatic heterocycles. The number of nitrogens with one attached hydrogen (secondary N) is 1. The molecule has 1 atom stereocenters. The molecule has 0 aromatic carbocycles. The van der Waals surface area contributed by atoms with Gasteiger partial charge >= 0.3 is 0 Å². The number of hydrogen-bond acceptors (Lipinski definition) is 4. The van der Waals surface area contributed by atoms with E-state index in [1.807, 2.05) is 18.2 Å². The third-order valence-electron chi connectivity index (χ3n) is 2.20. The lowest BCUT2D eigenvalue weighted by atomic mass is 10.2. The van der Waals surface area contributed by atoms with E-state index in [-0.39, 0.29) is 6.04 Å². The van der Waals surface area contributed by atoms with E-state index >= 15 is 0 Å². The second-order valence-electron chi connectivity index (χ2n) is 3.32. The maximum atomic E-state index is 5.29. The number of rotatable bonds is 4. The first-order valence-electron chi connectivity index (χ1n) is 4.88. The first kappa shape index (κ1) is 9.86. The van der Waals surface area contributed by atoms with E-state index in [1.165, 1.54) is 0 Å². The van der Waals surface area contributed by atoms with Gasteiger partial charge in [-0.1, -0.05) is 0 Å². The second kappa shape index (κ2) is 4.70. The molecule has 2 rings (SSSR count). The zero-order chi connectivity index (χ0) is 10.5. The van der Waals surface area contributed by atoms with Gasteiger partial charge in [0.05, 0.1) is 18.0 Å². The van der Waals surface area contributed by atoms with Gasteiger partial charge in [0.15, 0.2) is 0 Å². The monoisotopic (exact) mass is 203 g/mol. The van der Waals surface area contributed by atoms with Gasteiger partial charge < -0.3 is 9.73 Å². The van der Waals surface area contributed by atoms with Gasteiger partial charge in [0.25, 0.3) is 0 Å². The number of hydrogen-bond donors (Lipinski definition) is 1. The van der Waals surface area contributed by atoms with Crippen LogP contribution in [0.2, 0.25) is 0 Å². The summed E-state index contributed by atoms with van der Waals surface area (Å²) in [6.45, 7) is 2.77. The Balaban J connectivity index is 1.89. The molecule has 0 saturated carbocycles. The lowest BCUT2D eigenvalue weighted by Crippen LogP contribution is -2.18. The highest BCUT2D eigenvalue weighted by atomic mass is 16.3. The van der Waals surface area contributed by atoms with Gasteiger partial charge in [-0.3, -0.25) is 0 Å². The van der Waals surface area contributed by atoms with Crippen molar-refractivity contribution in [1.29, 1.82) is 0 Å². The van der Waals surface area contributed by atoms with Crippen LogP contribution in [0.3, 0.4) is 0 Å². The number of furan rings is 1. The van der Waals surface area contributed by atoms with Crippen molar-refractivity contribution in [2.45, 2.75) is 19.5 Å². The van der Waals surface area contributed by atoms with Crippen LogP contribution in [-0.4, -0.2) is 9.97 Å². The summed E-state index contributed by atoms with van der Waals surface area (Å²) in [6, 6.07) is 5.92. The van der Waals surface area contributed by atoms with Gasteiger partial charge in [0, 0.05) is 12.7 Å². The van der Waals surface area contributed by atoms with E-state index < -0.39 is 0 Å². The zero-order valence-corrected chi connectivity index (χ0v) is 8.55. The van der Waals surface area contributed by atoms with Gasteiger partial charge in [0.1, 0.15) is 12.1 Å². The molecule has 2 heterocycles. The molecule has 0 aliphatic rings. The van der Waals surface area contributed by atoms with E-state index in [0.717, 1.165) is 11.5 Å².